The summed E-state index contributed by atoms with van der Waals surface area (Å²) in [6.07, 6.45) is 6.08. The van der Waals surface area contributed by atoms with Gasteiger partial charge in [-0.3, -0.25) is 15.2 Å². The Bertz CT molecular complexity index is 421. The molecule has 1 aromatic heterocycles. The van der Waals surface area contributed by atoms with E-state index >= 15 is 0 Å². The van der Waals surface area contributed by atoms with Crippen LogP contribution >= 0.6 is 11.3 Å². The van der Waals surface area contributed by atoms with E-state index in [-0.39, 0.29) is 0 Å². The maximum atomic E-state index is 5.39. The number of hydrogen-bond acceptors (Lipinski definition) is 6. The number of rotatable bonds is 3. The Morgan fingerprint density at radius 1 is 1.47 bits per heavy atom. The first kappa shape index (κ1) is 13.3. The third kappa shape index (κ3) is 2.91. The zero-order chi connectivity index (χ0) is 13.2. The monoisotopic (exact) mass is 281 g/mol. The van der Waals surface area contributed by atoms with E-state index in [4.69, 9.17) is 5.84 Å². The van der Waals surface area contributed by atoms with Gasteiger partial charge in [-0.25, -0.2) is 10.8 Å². The van der Waals surface area contributed by atoms with Crippen molar-refractivity contribution in [2.45, 2.75) is 44.8 Å². The summed E-state index contributed by atoms with van der Waals surface area (Å²) < 4.78 is 0. The van der Waals surface area contributed by atoms with E-state index in [2.05, 4.69) is 27.1 Å². The molecule has 0 radical (unpaired) electrons. The third-order valence-electron chi connectivity index (χ3n) is 4.35. The summed E-state index contributed by atoms with van der Waals surface area (Å²) in [5.41, 5.74) is 2.62. The number of nitrogens with one attached hydrogen (secondary N) is 1. The van der Waals surface area contributed by atoms with Crippen LogP contribution < -0.4 is 11.3 Å². The smallest absolute Gasteiger partial charge is 0.197 e. The number of aromatic nitrogens is 1. The number of hydrogen-bond donors (Lipinski definition) is 2. The minimum absolute atomic E-state index is 0.630. The Morgan fingerprint density at radius 3 is 3.16 bits per heavy atom. The first-order valence-corrected chi connectivity index (χ1v) is 7.97. The van der Waals surface area contributed by atoms with Crippen molar-refractivity contribution in [3.05, 3.63) is 11.1 Å². The van der Waals surface area contributed by atoms with Gasteiger partial charge < -0.3 is 0 Å². The standard InChI is InChI=1S/C13H23N5S/c1-10-7-17-5-3-2-4-11(17)8-18(10)9-12-6-15-13(16-14)19-12/h6,10-11H,2-5,7-9,14H2,1H3,(H,15,16). The summed E-state index contributed by atoms with van der Waals surface area (Å²) in [5, 5.41) is 0.805. The van der Waals surface area contributed by atoms with Crippen molar-refractivity contribution in [2.75, 3.05) is 25.1 Å². The molecular weight excluding hydrogens is 258 g/mol. The number of nitrogens with two attached hydrogens (primary N) is 1. The van der Waals surface area contributed by atoms with Crippen LogP contribution in [0.25, 0.3) is 0 Å². The van der Waals surface area contributed by atoms with Gasteiger partial charge in [-0.05, 0) is 26.3 Å². The number of fused-ring (bicyclic) bond motifs is 1. The highest BCUT2D eigenvalue weighted by molar-refractivity contribution is 7.15. The van der Waals surface area contributed by atoms with Gasteiger partial charge in [0.1, 0.15) is 0 Å². The normalized spacial score (nSPS) is 29.2. The number of nitrogens with zero attached hydrogens (tertiary/aromatic N) is 3. The van der Waals surface area contributed by atoms with Crippen LogP contribution in [0.15, 0.2) is 6.20 Å². The van der Waals surface area contributed by atoms with Crippen molar-refractivity contribution >= 4 is 16.5 Å². The highest BCUT2D eigenvalue weighted by Crippen LogP contribution is 2.26. The minimum Gasteiger partial charge on any atom is -0.300 e. The molecule has 2 aliphatic heterocycles. The molecule has 0 aromatic carbocycles. The van der Waals surface area contributed by atoms with Crippen LogP contribution in [0.1, 0.15) is 31.1 Å². The van der Waals surface area contributed by atoms with E-state index in [9.17, 15) is 0 Å². The van der Waals surface area contributed by atoms with Crippen molar-refractivity contribution in [3.8, 4) is 0 Å². The molecule has 3 heterocycles. The summed E-state index contributed by atoms with van der Waals surface area (Å²) in [7, 11) is 0. The molecule has 6 heteroatoms. The van der Waals surface area contributed by atoms with Crippen LogP contribution in [0, 0.1) is 0 Å². The van der Waals surface area contributed by atoms with Gasteiger partial charge in [0, 0.05) is 42.8 Å². The molecule has 106 valence electrons. The number of nitrogen functional groups attached to an aromatic ring is 1. The van der Waals surface area contributed by atoms with Crippen molar-refractivity contribution in [1.29, 1.82) is 0 Å². The highest BCUT2D eigenvalue weighted by atomic mass is 32.1. The van der Waals surface area contributed by atoms with Gasteiger partial charge in [-0.2, -0.15) is 0 Å². The lowest BCUT2D eigenvalue weighted by Crippen LogP contribution is -2.58. The molecule has 3 N–H and O–H groups in total. The SMILES string of the molecule is CC1CN2CCCCC2CN1Cc1cnc(NN)s1. The van der Waals surface area contributed by atoms with E-state index in [1.54, 1.807) is 11.3 Å². The zero-order valence-electron chi connectivity index (χ0n) is 11.5. The average molecular weight is 281 g/mol. The van der Waals surface area contributed by atoms with Crippen LogP contribution in [0.4, 0.5) is 5.13 Å². The Kier molecular flexibility index (Phi) is 4.02. The van der Waals surface area contributed by atoms with E-state index < -0.39 is 0 Å². The Labute approximate surface area is 118 Å². The second-order valence-corrected chi connectivity index (χ2v) is 6.81. The van der Waals surface area contributed by atoms with Crippen molar-refractivity contribution < 1.29 is 0 Å². The zero-order valence-corrected chi connectivity index (χ0v) is 12.3. The molecule has 0 amide bonds. The number of hydrazine groups is 1. The molecule has 0 saturated carbocycles. The predicted molar refractivity (Wildman–Crippen MR) is 79.0 cm³/mol. The van der Waals surface area contributed by atoms with Crippen LogP contribution in [-0.4, -0.2) is 46.5 Å². The van der Waals surface area contributed by atoms with E-state index in [0.29, 0.717) is 6.04 Å². The van der Waals surface area contributed by atoms with Crippen LogP contribution in [0.5, 0.6) is 0 Å². The molecule has 2 fully saturated rings. The maximum Gasteiger partial charge on any atom is 0.197 e. The second kappa shape index (κ2) is 5.75. The molecule has 3 rings (SSSR count). The fourth-order valence-electron chi connectivity index (χ4n) is 3.28. The number of thiazole rings is 1. The number of piperidine rings is 1. The van der Waals surface area contributed by atoms with Crippen LogP contribution in [-0.2, 0) is 6.54 Å². The van der Waals surface area contributed by atoms with Crippen molar-refractivity contribution in [2.24, 2.45) is 5.84 Å². The van der Waals surface area contributed by atoms with Gasteiger partial charge in [0.25, 0.3) is 0 Å². The summed E-state index contributed by atoms with van der Waals surface area (Å²) in [6, 6.07) is 1.40. The molecule has 19 heavy (non-hydrogen) atoms. The first-order chi connectivity index (χ1) is 9.26. The average Bonchev–Trinajstić information content (AvgIpc) is 2.87. The topological polar surface area (TPSA) is 57.4 Å². The second-order valence-electron chi connectivity index (χ2n) is 5.70. The molecule has 2 atom stereocenters. The number of anilines is 1. The molecular formula is C13H23N5S. The fourth-order valence-corrected chi connectivity index (χ4v) is 4.03. The van der Waals surface area contributed by atoms with Gasteiger partial charge >= 0.3 is 0 Å². The van der Waals surface area contributed by atoms with Gasteiger partial charge in [-0.15, -0.1) is 0 Å². The van der Waals surface area contributed by atoms with Crippen molar-refractivity contribution in [1.82, 2.24) is 14.8 Å². The largest absolute Gasteiger partial charge is 0.300 e. The summed E-state index contributed by atoms with van der Waals surface area (Å²) in [6.45, 7) is 7.05. The van der Waals surface area contributed by atoms with Crippen LogP contribution in [0.2, 0.25) is 0 Å². The van der Waals surface area contributed by atoms with Gasteiger partial charge in [0.15, 0.2) is 5.13 Å². The van der Waals surface area contributed by atoms with E-state index in [1.165, 1.54) is 43.8 Å². The molecule has 2 unspecified atom stereocenters. The van der Waals surface area contributed by atoms with Crippen LogP contribution in [0.3, 0.4) is 0 Å². The first-order valence-electron chi connectivity index (χ1n) is 7.15. The lowest BCUT2D eigenvalue weighted by molar-refractivity contribution is 0.0115. The summed E-state index contributed by atoms with van der Waals surface area (Å²) in [5.74, 6) is 5.39. The Balaban J connectivity index is 1.63. The van der Waals surface area contributed by atoms with E-state index in [1.807, 2.05) is 6.20 Å². The molecule has 0 spiro atoms. The van der Waals surface area contributed by atoms with Gasteiger partial charge in [0.05, 0.1) is 0 Å². The summed E-state index contributed by atoms with van der Waals surface area (Å²) >= 11 is 1.66. The predicted octanol–water partition coefficient (Wildman–Crippen LogP) is 1.49. The quantitative estimate of drug-likeness (QED) is 0.649. The molecule has 0 bridgehead atoms. The minimum atomic E-state index is 0.630. The van der Waals surface area contributed by atoms with Crippen molar-refractivity contribution in [3.63, 3.8) is 0 Å². The van der Waals surface area contributed by atoms with E-state index in [0.717, 1.165) is 17.7 Å². The Morgan fingerprint density at radius 2 is 2.37 bits per heavy atom. The van der Waals surface area contributed by atoms with Gasteiger partial charge in [0.2, 0.25) is 0 Å². The maximum absolute atomic E-state index is 5.39. The lowest BCUT2D eigenvalue weighted by atomic mass is 9.97. The lowest BCUT2D eigenvalue weighted by Gasteiger charge is -2.47. The molecule has 2 aliphatic rings. The van der Waals surface area contributed by atoms with Gasteiger partial charge in [-0.1, -0.05) is 17.8 Å². The molecule has 2 saturated heterocycles. The fraction of sp³-hybridized carbons (Fsp3) is 0.769. The molecule has 1 aromatic rings. The number of piperazine rings is 1. The molecule has 0 aliphatic carbocycles. The highest BCUT2D eigenvalue weighted by Gasteiger charge is 2.32. The summed E-state index contributed by atoms with van der Waals surface area (Å²) in [4.78, 5) is 10.8. The Hall–Kier alpha value is -0.690. The third-order valence-corrected chi connectivity index (χ3v) is 5.27. The molecule has 5 nitrogen and oxygen atoms in total.